The molecule has 1 nitrogen and oxygen atoms in total. The Labute approximate surface area is 156 Å². The maximum atomic E-state index is 5.33. The minimum absolute atomic E-state index is 0. The molecule has 0 atom stereocenters. The van der Waals surface area contributed by atoms with Crippen LogP contribution < -0.4 is 0 Å². The van der Waals surface area contributed by atoms with Crippen molar-refractivity contribution in [3.63, 3.8) is 0 Å². The van der Waals surface area contributed by atoms with Crippen molar-refractivity contribution >= 4 is 30.4 Å². The van der Waals surface area contributed by atoms with Crippen LogP contribution >= 0.6 is 24.8 Å². The first-order chi connectivity index (χ1) is 9.90. The molecule has 0 aromatic heterocycles. The van der Waals surface area contributed by atoms with Crippen molar-refractivity contribution in [1.29, 1.82) is 0 Å². The second-order valence-electron chi connectivity index (χ2n) is 4.82. The fourth-order valence-electron chi connectivity index (χ4n) is 2.63. The van der Waals surface area contributed by atoms with Gasteiger partial charge in [0.25, 0.3) is 0 Å². The molecule has 0 bridgehead atoms. The Balaban J connectivity index is 0.00000121. The maximum absolute atomic E-state index is 5.33. The van der Waals surface area contributed by atoms with Crippen molar-refractivity contribution in [1.82, 2.24) is 0 Å². The van der Waals surface area contributed by atoms with Crippen molar-refractivity contribution in [3.05, 3.63) is 77.9 Å². The average Bonchev–Trinajstić information content (AvgIpc) is 3.02. The van der Waals surface area contributed by atoms with Gasteiger partial charge < -0.3 is 0 Å². The van der Waals surface area contributed by atoms with Crippen LogP contribution in [-0.2, 0) is 30.7 Å². The van der Waals surface area contributed by atoms with Gasteiger partial charge in [0, 0.05) is 0 Å². The first-order valence-electron chi connectivity index (χ1n) is 6.72. The number of benzene rings is 2. The van der Waals surface area contributed by atoms with E-state index in [1.165, 1.54) is 27.8 Å². The molecule has 0 amide bonds. The molecule has 113 valence electrons. The summed E-state index contributed by atoms with van der Waals surface area (Å²) in [4.78, 5) is 0. The van der Waals surface area contributed by atoms with Gasteiger partial charge in [-0.25, -0.2) is 0 Å². The van der Waals surface area contributed by atoms with Gasteiger partial charge in [-0.2, -0.15) is 0 Å². The normalized spacial score (nSPS) is 12.2. The van der Waals surface area contributed by atoms with Crippen LogP contribution in [-0.4, -0.2) is 0 Å². The van der Waals surface area contributed by atoms with Crippen LogP contribution in [0, 0.1) is 0 Å². The number of hydrogen-bond donors (Lipinski definition) is 0. The molecule has 0 heterocycles. The van der Waals surface area contributed by atoms with E-state index in [4.69, 9.17) is 3.32 Å². The molecule has 0 spiro atoms. The summed E-state index contributed by atoms with van der Waals surface area (Å²) in [6.45, 7) is 0.641. The van der Waals surface area contributed by atoms with Crippen molar-refractivity contribution in [3.8, 4) is 11.1 Å². The third kappa shape index (κ3) is 4.13. The van der Waals surface area contributed by atoms with E-state index in [0.29, 0.717) is 6.61 Å². The summed E-state index contributed by atoms with van der Waals surface area (Å²) in [6, 6.07) is 17.1. The number of halogens is 2. The fraction of sp³-hybridized carbons (Fsp3) is 0.111. The first kappa shape index (κ1) is 19.2. The summed E-state index contributed by atoms with van der Waals surface area (Å²) in [5.74, 6) is 0. The molecule has 3 rings (SSSR count). The molecule has 0 N–H and O–H groups in total. The Morgan fingerprint density at radius 2 is 1.50 bits per heavy atom. The predicted octanol–water partition coefficient (Wildman–Crippen LogP) is 5.52. The first-order valence-corrected chi connectivity index (χ1v) is 7.36. The zero-order valence-corrected chi connectivity index (χ0v) is 15.2. The van der Waals surface area contributed by atoms with E-state index in [2.05, 4.69) is 66.8 Å². The van der Waals surface area contributed by atoms with E-state index >= 15 is 0 Å². The van der Waals surface area contributed by atoms with Gasteiger partial charge in [-0.15, -0.1) is 24.8 Å². The Bertz CT molecular complexity index is 680. The Kier molecular flexibility index (Phi) is 8.16. The second-order valence-corrected chi connectivity index (χ2v) is 5.27. The molecule has 0 saturated carbocycles. The molecule has 22 heavy (non-hydrogen) atoms. The summed E-state index contributed by atoms with van der Waals surface area (Å²) in [6.07, 6.45) is 7.56. The van der Waals surface area contributed by atoms with E-state index < -0.39 is 0 Å². The molecular weight excluding hydrogens is 351 g/mol. The van der Waals surface area contributed by atoms with E-state index in [-0.39, 0.29) is 24.8 Å². The second kappa shape index (κ2) is 9.34. The number of allylic oxidation sites excluding steroid dienone is 4. The summed E-state index contributed by atoms with van der Waals surface area (Å²) in [7, 11) is 0. The van der Waals surface area contributed by atoms with Crippen LogP contribution in [0.4, 0.5) is 0 Å². The van der Waals surface area contributed by atoms with Crippen LogP contribution in [0.15, 0.2) is 66.8 Å². The molecule has 0 fully saturated rings. The molecule has 1 aliphatic carbocycles. The molecule has 0 radical (unpaired) electrons. The van der Waals surface area contributed by atoms with Crippen LogP contribution in [0.5, 0.6) is 0 Å². The van der Waals surface area contributed by atoms with Gasteiger partial charge in [-0.05, 0) is 0 Å². The third-order valence-corrected chi connectivity index (χ3v) is 3.80. The zero-order valence-electron chi connectivity index (χ0n) is 12.0. The molecule has 0 saturated heterocycles. The summed E-state index contributed by atoms with van der Waals surface area (Å²) in [5.41, 5.74) is 6.48. The third-order valence-electron chi connectivity index (χ3n) is 3.58. The monoisotopic (exact) mass is 367 g/mol. The number of hydrogen-bond acceptors (Lipinski definition) is 1. The standard InChI is InChI=1S/C18H15O.2ClH.Ti/c19-13-15-9-3-4-11-17(15)18-12-6-5-10-16(18)14-7-1-2-8-14;;;/h1-7,9-12H,8,13H2;2*1H;/q-1;;;+1. The van der Waals surface area contributed by atoms with Crippen LogP contribution in [0.2, 0.25) is 0 Å². The van der Waals surface area contributed by atoms with Crippen molar-refractivity contribution in [2.45, 2.75) is 13.0 Å². The summed E-state index contributed by atoms with van der Waals surface area (Å²) >= 11 is 1.74. The quantitative estimate of drug-likeness (QED) is 0.646. The fourth-order valence-corrected chi connectivity index (χ4v) is 2.87. The zero-order chi connectivity index (χ0) is 13.8. The molecule has 2 aromatic carbocycles. The summed E-state index contributed by atoms with van der Waals surface area (Å²) in [5, 5.41) is 0. The van der Waals surface area contributed by atoms with E-state index in [0.717, 1.165) is 6.42 Å². The van der Waals surface area contributed by atoms with Crippen LogP contribution in [0.25, 0.3) is 16.7 Å². The van der Waals surface area contributed by atoms with Crippen LogP contribution in [0.3, 0.4) is 0 Å². The molecule has 0 aliphatic heterocycles. The molecule has 4 heteroatoms. The van der Waals surface area contributed by atoms with E-state index in [1.807, 2.05) is 0 Å². The Morgan fingerprint density at radius 3 is 2.14 bits per heavy atom. The van der Waals surface area contributed by atoms with Gasteiger partial charge in [0.1, 0.15) is 0 Å². The Hall–Kier alpha value is -0.826. The van der Waals surface area contributed by atoms with E-state index in [1.54, 1.807) is 20.8 Å². The van der Waals surface area contributed by atoms with Gasteiger partial charge in [0.2, 0.25) is 0 Å². The topological polar surface area (TPSA) is 9.23 Å². The molecular formula is C18H17Cl2OTi. The molecule has 2 aromatic rings. The van der Waals surface area contributed by atoms with Crippen molar-refractivity contribution in [2.75, 3.05) is 0 Å². The van der Waals surface area contributed by atoms with Gasteiger partial charge >= 0.3 is 132 Å². The Morgan fingerprint density at radius 1 is 0.864 bits per heavy atom. The number of rotatable bonds is 4. The molecule has 1 aliphatic rings. The molecule has 0 unspecified atom stereocenters. The van der Waals surface area contributed by atoms with Crippen molar-refractivity contribution in [2.24, 2.45) is 0 Å². The minimum atomic E-state index is 0. The summed E-state index contributed by atoms with van der Waals surface area (Å²) < 4.78 is 5.33. The van der Waals surface area contributed by atoms with Gasteiger partial charge in [-0.1, -0.05) is 0 Å². The van der Waals surface area contributed by atoms with Gasteiger partial charge in [-0.3, -0.25) is 0 Å². The predicted molar refractivity (Wildman–Crippen MR) is 92.9 cm³/mol. The SMILES string of the molecule is Cl.Cl.[Ti][O]Cc1ccccc1-c1ccccc1C1=CC=CC1. The van der Waals surface area contributed by atoms with Crippen molar-refractivity contribution < 1.29 is 24.1 Å². The van der Waals surface area contributed by atoms with E-state index in [9.17, 15) is 0 Å². The average molecular weight is 368 g/mol. The van der Waals surface area contributed by atoms with Crippen LogP contribution in [0.1, 0.15) is 17.5 Å². The van der Waals surface area contributed by atoms with Gasteiger partial charge in [0.05, 0.1) is 0 Å². The van der Waals surface area contributed by atoms with Gasteiger partial charge in [0.15, 0.2) is 0 Å².